The fraction of sp³-hybridized carbons (Fsp3) is 0.160. The third kappa shape index (κ3) is 2.11. The summed E-state index contributed by atoms with van der Waals surface area (Å²) in [5, 5.41) is 11.9. The molecule has 2 amide bonds. The maximum Gasteiger partial charge on any atom is 0.240 e. The first-order valence-corrected chi connectivity index (χ1v) is 10.00. The van der Waals surface area contributed by atoms with Crippen molar-refractivity contribution in [2.24, 2.45) is 11.8 Å². The third-order valence-corrected chi connectivity index (χ3v) is 6.59. The number of hydrogen-bond acceptors (Lipinski definition) is 4. The van der Waals surface area contributed by atoms with E-state index >= 15 is 0 Å². The van der Waals surface area contributed by atoms with Crippen LogP contribution in [0.4, 0.5) is 5.69 Å². The van der Waals surface area contributed by atoms with Crippen LogP contribution in [0.25, 0.3) is 16.8 Å². The number of benzene rings is 3. The fourth-order valence-corrected chi connectivity index (χ4v) is 5.28. The maximum atomic E-state index is 13.6. The number of carbonyl (C=O) groups excluding carboxylic acids is 2. The molecule has 30 heavy (non-hydrogen) atoms. The summed E-state index contributed by atoms with van der Waals surface area (Å²) in [6.07, 6.45) is 3.81. The Morgan fingerprint density at radius 1 is 0.833 bits per heavy atom. The molecule has 0 radical (unpaired) electrons. The molecule has 0 aliphatic carbocycles. The van der Waals surface area contributed by atoms with Gasteiger partial charge in [0, 0.05) is 6.20 Å². The molecule has 3 aliphatic heterocycles. The molecule has 3 aromatic carbocycles. The maximum absolute atomic E-state index is 13.6. The Balaban J connectivity index is 1.48. The second-order valence-electron chi connectivity index (χ2n) is 8.01. The van der Waals surface area contributed by atoms with E-state index in [1.165, 1.54) is 4.90 Å². The Hall–Kier alpha value is -3.91. The van der Waals surface area contributed by atoms with Gasteiger partial charge in [0.2, 0.25) is 11.8 Å². The van der Waals surface area contributed by atoms with Crippen molar-refractivity contribution in [2.75, 3.05) is 4.90 Å². The average molecular weight is 391 g/mol. The third-order valence-electron chi connectivity index (χ3n) is 6.59. The number of nitrogens with zero attached hydrogens (tertiary/aromatic N) is 3. The minimum Gasteiger partial charge on any atom is -0.353 e. The van der Waals surface area contributed by atoms with Gasteiger partial charge in [0.25, 0.3) is 0 Å². The van der Waals surface area contributed by atoms with E-state index in [9.17, 15) is 14.9 Å². The smallest absolute Gasteiger partial charge is 0.240 e. The lowest BCUT2D eigenvalue weighted by Crippen LogP contribution is -2.40. The van der Waals surface area contributed by atoms with E-state index in [1.54, 1.807) is 0 Å². The molecule has 2 saturated heterocycles. The lowest BCUT2D eigenvalue weighted by molar-refractivity contribution is -0.123. The Bertz CT molecular complexity index is 1300. The summed E-state index contributed by atoms with van der Waals surface area (Å²) in [7, 11) is 0. The number of rotatable bonds is 1. The summed E-state index contributed by atoms with van der Waals surface area (Å²) in [5.74, 6) is -1.75. The highest BCUT2D eigenvalue weighted by molar-refractivity contribution is 6.23. The molecule has 144 valence electrons. The van der Waals surface area contributed by atoms with E-state index in [4.69, 9.17) is 0 Å². The zero-order valence-electron chi connectivity index (χ0n) is 16.0. The average Bonchev–Trinajstić information content (AvgIpc) is 3.25. The van der Waals surface area contributed by atoms with Crippen LogP contribution in [0.3, 0.4) is 0 Å². The number of imide groups is 1. The lowest BCUT2D eigenvalue weighted by atomic mass is 9.85. The Morgan fingerprint density at radius 2 is 1.57 bits per heavy atom. The lowest BCUT2D eigenvalue weighted by Gasteiger charge is -2.33. The number of anilines is 1. The van der Waals surface area contributed by atoms with Crippen molar-refractivity contribution < 1.29 is 9.59 Å². The summed E-state index contributed by atoms with van der Waals surface area (Å²) >= 11 is 0. The van der Waals surface area contributed by atoms with Crippen molar-refractivity contribution >= 4 is 34.4 Å². The second-order valence-corrected chi connectivity index (χ2v) is 8.01. The SMILES string of the molecule is N#CC1C2C(=O)N(c3ccc4ccccc4c3)C(=O)C2C2c3ccccc3C=CN12. The highest BCUT2D eigenvalue weighted by Gasteiger charge is 2.63. The van der Waals surface area contributed by atoms with Crippen molar-refractivity contribution in [3.05, 3.63) is 84.1 Å². The van der Waals surface area contributed by atoms with Gasteiger partial charge in [-0.3, -0.25) is 9.59 Å². The topological polar surface area (TPSA) is 64.4 Å². The van der Waals surface area contributed by atoms with Crippen LogP contribution in [-0.2, 0) is 9.59 Å². The largest absolute Gasteiger partial charge is 0.353 e. The second kappa shape index (κ2) is 6.04. The van der Waals surface area contributed by atoms with Gasteiger partial charge in [0.05, 0.1) is 29.6 Å². The Kier molecular flexibility index (Phi) is 3.42. The van der Waals surface area contributed by atoms with Gasteiger partial charge >= 0.3 is 0 Å². The van der Waals surface area contributed by atoms with Crippen molar-refractivity contribution in [3.63, 3.8) is 0 Å². The van der Waals surface area contributed by atoms with E-state index in [-0.39, 0.29) is 17.9 Å². The summed E-state index contributed by atoms with van der Waals surface area (Å²) in [5.41, 5.74) is 2.59. The number of hydrogen-bond donors (Lipinski definition) is 0. The predicted octanol–water partition coefficient (Wildman–Crippen LogP) is 3.88. The molecule has 0 spiro atoms. The van der Waals surface area contributed by atoms with Crippen LogP contribution in [0.2, 0.25) is 0 Å². The standard InChI is InChI=1S/C25H17N3O2/c26-14-20-21-22(23-19-8-4-3-6-16(19)11-12-27(20)23)25(30)28(24(21)29)18-10-9-15-5-1-2-7-17(15)13-18/h1-13,20-23H. The van der Waals surface area contributed by atoms with Crippen LogP contribution < -0.4 is 4.90 Å². The first kappa shape index (κ1) is 17.0. The van der Waals surface area contributed by atoms with Crippen LogP contribution in [0.5, 0.6) is 0 Å². The first-order valence-electron chi connectivity index (χ1n) is 10.00. The molecular weight excluding hydrogens is 374 g/mol. The zero-order chi connectivity index (χ0) is 20.4. The van der Waals surface area contributed by atoms with Gasteiger partial charge in [-0.15, -0.1) is 0 Å². The number of nitriles is 1. The molecule has 3 heterocycles. The van der Waals surface area contributed by atoms with Crippen LogP contribution in [-0.4, -0.2) is 22.8 Å². The number of fused-ring (bicyclic) bond motifs is 6. The molecule has 2 fully saturated rings. The quantitative estimate of drug-likeness (QED) is 0.591. The summed E-state index contributed by atoms with van der Waals surface area (Å²) < 4.78 is 0. The highest BCUT2D eigenvalue weighted by Crippen LogP contribution is 2.52. The normalized spacial score (nSPS) is 26.5. The first-order chi connectivity index (χ1) is 14.7. The van der Waals surface area contributed by atoms with Gasteiger partial charge in [-0.05, 0) is 40.1 Å². The predicted molar refractivity (Wildman–Crippen MR) is 113 cm³/mol. The molecule has 4 unspecified atom stereocenters. The molecular formula is C25H17N3O2. The molecule has 5 heteroatoms. The molecule has 5 nitrogen and oxygen atoms in total. The van der Waals surface area contributed by atoms with Gasteiger partial charge in [0.15, 0.2) is 0 Å². The van der Waals surface area contributed by atoms with Crippen molar-refractivity contribution in [3.8, 4) is 6.07 Å². The van der Waals surface area contributed by atoms with E-state index in [0.29, 0.717) is 5.69 Å². The van der Waals surface area contributed by atoms with Gasteiger partial charge in [-0.25, -0.2) is 4.90 Å². The fourth-order valence-electron chi connectivity index (χ4n) is 5.28. The van der Waals surface area contributed by atoms with Crippen LogP contribution in [0.15, 0.2) is 72.9 Å². The molecule has 0 aromatic heterocycles. The van der Waals surface area contributed by atoms with Crippen molar-refractivity contribution in [1.82, 2.24) is 4.90 Å². The van der Waals surface area contributed by atoms with Crippen LogP contribution in [0.1, 0.15) is 17.2 Å². The van der Waals surface area contributed by atoms with Gasteiger partial charge in [-0.1, -0.05) is 54.6 Å². The van der Waals surface area contributed by atoms with Crippen molar-refractivity contribution in [1.29, 1.82) is 5.26 Å². The number of amides is 2. The zero-order valence-corrected chi connectivity index (χ0v) is 16.0. The van der Waals surface area contributed by atoms with Gasteiger partial charge < -0.3 is 4.90 Å². The minimum absolute atomic E-state index is 0.224. The van der Waals surface area contributed by atoms with E-state index in [2.05, 4.69) is 6.07 Å². The Morgan fingerprint density at radius 3 is 2.40 bits per heavy atom. The molecule has 3 aliphatic rings. The minimum atomic E-state index is -0.672. The Labute approximate surface area is 173 Å². The summed E-state index contributed by atoms with van der Waals surface area (Å²) in [4.78, 5) is 30.3. The van der Waals surface area contributed by atoms with Gasteiger partial charge in [0.1, 0.15) is 6.04 Å². The monoisotopic (exact) mass is 391 g/mol. The van der Waals surface area contributed by atoms with Crippen LogP contribution in [0, 0.1) is 23.2 Å². The van der Waals surface area contributed by atoms with E-state index in [1.807, 2.05) is 83.9 Å². The summed E-state index contributed by atoms with van der Waals surface area (Å²) in [6, 6.07) is 22.7. The molecule has 0 saturated carbocycles. The molecule has 4 atom stereocenters. The van der Waals surface area contributed by atoms with Gasteiger partial charge in [-0.2, -0.15) is 5.26 Å². The molecule has 3 aromatic rings. The van der Waals surface area contributed by atoms with Crippen molar-refractivity contribution in [2.45, 2.75) is 12.1 Å². The molecule has 0 bridgehead atoms. The number of carbonyl (C=O) groups is 2. The molecule has 0 N–H and O–H groups in total. The van der Waals surface area contributed by atoms with Crippen LogP contribution >= 0.6 is 0 Å². The van der Waals surface area contributed by atoms with E-state index < -0.39 is 17.9 Å². The highest BCUT2D eigenvalue weighted by atomic mass is 16.2. The summed E-state index contributed by atoms with van der Waals surface area (Å²) in [6.45, 7) is 0. The molecule has 6 rings (SSSR count). The van der Waals surface area contributed by atoms with E-state index in [0.717, 1.165) is 21.9 Å².